The smallest absolute Gasteiger partial charge is 0.193 e. The predicted octanol–water partition coefficient (Wildman–Crippen LogP) is 1.25. The zero-order chi connectivity index (χ0) is 11.4. The molecule has 1 aromatic carbocycles. The first-order valence-electron chi connectivity index (χ1n) is 4.99. The lowest BCUT2D eigenvalue weighted by Gasteiger charge is -2.19. The molecule has 15 heavy (non-hydrogen) atoms. The fourth-order valence-electron chi connectivity index (χ4n) is 1.29. The molecule has 2 N–H and O–H groups in total. The van der Waals surface area contributed by atoms with Crippen molar-refractivity contribution in [3.63, 3.8) is 0 Å². The van der Waals surface area contributed by atoms with E-state index in [9.17, 15) is 15.0 Å². The van der Waals surface area contributed by atoms with E-state index in [1.165, 1.54) is 0 Å². The van der Waals surface area contributed by atoms with Crippen LogP contribution in [0.5, 0.6) is 0 Å². The van der Waals surface area contributed by atoms with Gasteiger partial charge in [0, 0.05) is 5.56 Å². The lowest BCUT2D eigenvalue weighted by Crippen LogP contribution is -2.37. The third kappa shape index (κ3) is 2.88. The number of carbonyl (C=O) groups excluding carboxylic acids is 1. The Hall–Kier alpha value is -1.19. The number of rotatable bonds is 4. The van der Waals surface area contributed by atoms with Crippen LogP contribution in [0.2, 0.25) is 0 Å². The molecular formula is C12H16O3. The molecule has 3 nitrogen and oxygen atoms in total. The number of hydrogen-bond donors (Lipinski definition) is 2. The molecule has 0 fully saturated rings. The van der Waals surface area contributed by atoms with Crippen LogP contribution in [-0.2, 0) is 0 Å². The summed E-state index contributed by atoms with van der Waals surface area (Å²) >= 11 is 0. The van der Waals surface area contributed by atoms with Gasteiger partial charge in [-0.15, -0.1) is 0 Å². The van der Waals surface area contributed by atoms with E-state index in [-0.39, 0.29) is 5.92 Å². The fraction of sp³-hybridized carbons (Fsp3) is 0.417. The number of hydrogen-bond acceptors (Lipinski definition) is 3. The summed E-state index contributed by atoms with van der Waals surface area (Å²) in [7, 11) is 0. The van der Waals surface area contributed by atoms with Crippen LogP contribution in [0.4, 0.5) is 0 Å². The van der Waals surface area contributed by atoms with Crippen molar-refractivity contribution in [2.45, 2.75) is 26.1 Å². The van der Waals surface area contributed by atoms with Crippen LogP contribution in [0.15, 0.2) is 30.3 Å². The summed E-state index contributed by atoms with van der Waals surface area (Å²) in [6.07, 6.45) is -2.36. The second kappa shape index (κ2) is 5.05. The molecule has 0 amide bonds. The van der Waals surface area contributed by atoms with Crippen molar-refractivity contribution in [1.29, 1.82) is 0 Å². The molecule has 0 saturated heterocycles. The lowest BCUT2D eigenvalue weighted by atomic mass is 9.95. The van der Waals surface area contributed by atoms with Gasteiger partial charge in [-0.2, -0.15) is 0 Å². The maximum absolute atomic E-state index is 11.7. The first kappa shape index (κ1) is 11.9. The summed E-state index contributed by atoms with van der Waals surface area (Å²) in [5, 5.41) is 19.2. The zero-order valence-electron chi connectivity index (χ0n) is 8.92. The van der Waals surface area contributed by atoms with Gasteiger partial charge in [-0.05, 0) is 5.92 Å². The topological polar surface area (TPSA) is 57.5 Å². The summed E-state index contributed by atoms with van der Waals surface area (Å²) in [5.74, 6) is -0.579. The number of benzene rings is 1. The van der Waals surface area contributed by atoms with Crippen molar-refractivity contribution in [1.82, 2.24) is 0 Å². The Kier molecular flexibility index (Phi) is 4.00. The molecule has 0 heterocycles. The summed E-state index contributed by atoms with van der Waals surface area (Å²) in [6.45, 7) is 3.51. The molecule has 1 aromatic rings. The molecule has 1 rings (SSSR count). The number of aliphatic hydroxyl groups excluding tert-OH is 2. The monoisotopic (exact) mass is 208 g/mol. The van der Waals surface area contributed by atoms with Gasteiger partial charge in [0.2, 0.25) is 0 Å². The summed E-state index contributed by atoms with van der Waals surface area (Å²) < 4.78 is 0. The van der Waals surface area contributed by atoms with E-state index >= 15 is 0 Å². The molecule has 0 bridgehead atoms. The van der Waals surface area contributed by atoms with Crippen LogP contribution in [0.3, 0.4) is 0 Å². The molecule has 2 atom stereocenters. The Labute approximate surface area is 89.4 Å². The van der Waals surface area contributed by atoms with Crippen LogP contribution in [0.25, 0.3) is 0 Å². The Morgan fingerprint density at radius 2 is 1.67 bits per heavy atom. The molecule has 0 spiro atoms. The number of carbonyl (C=O) groups is 1. The van der Waals surface area contributed by atoms with Gasteiger partial charge in [0.05, 0.1) is 6.10 Å². The Bertz CT molecular complexity index is 319. The van der Waals surface area contributed by atoms with Crippen LogP contribution in [-0.4, -0.2) is 28.2 Å². The number of Topliss-reactive ketones (excluding diaryl/α,β-unsaturated/α-hetero) is 1. The fourth-order valence-corrected chi connectivity index (χ4v) is 1.29. The van der Waals surface area contributed by atoms with Crippen molar-refractivity contribution < 1.29 is 15.0 Å². The summed E-state index contributed by atoms with van der Waals surface area (Å²) in [6, 6.07) is 8.49. The minimum Gasteiger partial charge on any atom is -0.390 e. The molecule has 0 aliphatic heterocycles. The van der Waals surface area contributed by atoms with E-state index in [2.05, 4.69) is 0 Å². The molecule has 0 aliphatic rings. The van der Waals surface area contributed by atoms with Crippen LogP contribution < -0.4 is 0 Å². The molecule has 3 heteroatoms. The van der Waals surface area contributed by atoms with Gasteiger partial charge in [0.15, 0.2) is 5.78 Å². The normalized spacial score (nSPS) is 15.0. The van der Waals surface area contributed by atoms with Crippen molar-refractivity contribution in [2.75, 3.05) is 0 Å². The van der Waals surface area contributed by atoms with Gasteiger partial charge < -0.3 is 10.2 Å². The van der Waals surface area contributed by atoms with E-state index in [1.54, 1.807) is 44.2 Å². The molecular weight excluding hydrogens is 192 g/mol. The second-order valence-corrected chi connectivity index (χ2v) is 3.91. The lowest BCUT2D eigenvalue weighted by molar-refractivity contribution is 0.000632. The van der Waals surface area contributed by atoms with E-state index in [0.717, 1.165) is 0 Å². The first-order valence-corrected chi connectivity index (χ1v) is 4.99. The average Bonchev–Trinajstić information content (AvgIpc) is 2.27. The minimum atomic E-state index is -1.34. The first-order chi connectivity index (χ1) is 7.04. The highest BCUT2D eigenvalue weighted by Crippen LogP contribution is 2.11. The minimum absolute atomic E-state index is 0.146. The average molecular weight is 208 g/mol. The third-order valence-electron chi connectivity index (χ3n) is 2.33. The van der Waals surface area contributed by atoms with Gasteiger partial charge >= 0.3 is 0 Å². The second-order valence-electron chi connectivity index (χ2n) is 3.91. The van der Waals surface area contributed by atoms with E-state index in [4.69, 9.17) is 0 Å². The van der Waals surface area contributed by atoms with Crippen molar-refractivity contribution in [2.24, 2.45) is 5.92 Å². The van der Waals surface area contributed by atoms with Crippen molar-refractivity contribution in [3.05, 3.63) is 35.9 Å². The van der Waals surface area contributed by atoms with E-state index < -0.39 is 18.0 Å². The van der Waals surface area contributed by atoms with E-state index in [0.29, 0.717) is 5.56 Å². The highest BCUT2D eigenvalue weighted by atomic mass is 16.3. The maximum atomic E-state index is 11.7. The van der Waals surface area contributed by atoms with Gasteiger partial charge in [-0.3, -0.25) is 4.79 Å². The molecule has 0 aromatic heterocycles. The van der Waals surface area contributed by atoms with Crippen LogP contribution in [0.1, 0.15) is 24.2 Å². The Morgan fingerprint density at radius 1 is 1.13 bits per heavy atom. The zero-order valence-corrected chi connectivity index (χ0v) is 8.92. The Balaban J connectivity index is 2.78. The number of aliphatic hydroxyl groups is 2. The highest BCUT2D eigenvalue weighted by molar-refractivity contribution is 5.99. The van der Waals surface area contributed by atoms with Gasteiger partial charge in [-0.1, -0.05) is 44.2 Å². The molecule has 2 unspecified atom stereocenters. The molecule has 0 saturated carbocycles. The third-order valence-corrected chi connectivity index (χ3v) is 2.33. The quantitative estimate of drug-likeness (QED) is 0.732. The highest BCUT2D eigenvalue weighted by Gasteiger charge is 2.27. The summed E-state index contributed by atoms with van der Waals surface area (Å²) in [4.78, 5) is 11.7. The standard InChI is InChI=1S/C12H16O3/c1-8(2)10(13)12(15)11(14)9-6-4-3-5-7-9/h3-8,10,12-13,15H,1-2H3. The van der Waals surface area contributed by atoms with Crippen LogP contribution >= 0.6 is 0 Å². The predicted molar refractivity (Wildman–Crippen MR) is 57.6 cm³/mol. The molecule has 0 radical (unpaired) electrons. The van der Waals surface area contributed by atoms with Crippen LogP contribution in [0, 0.1) is 5.92 Å². The van der Waals surface area contributed by atoms with Crippen molar-refractivity contribution in [3.8, 4) is 0 Å². The maximum Gasteiger partial charge on any atom is 0.193 e. The van der Waals surface area contributed by atoms with Gasteiger partial charge in [0.25, 0.3) is 0 Å². The molecule has 0 aliphatic carbocycles. The largest absolute Gasteiger partial charge is 0.390 e. The van der Waals surface area contributed by atoms with Gasteiger partial charge in [0.1, 0.15) is 6.10 Å². The summed E-state index contributed by atoms with van der Waals surface area (Å²) in [5.41, 5.74) is 0.421. The Morgan fingerprint density at radius 3 is 2.13 bits per heavy atom. The number of ketones is 1. The SMILES string of the molecule is CC(C)C(O)C(O)C(=O)c1ccccc1. The van der Waals surface area contributed by atoms with E-state index in [1.807, 2.05) is 0 Å². The van der Waals surface area contributed by atoms with Crippen molar-refractivity contribution >= 4 is 5.78 Å². The van der Waals surface area contributed by atoms with Gasteiger partial charge in [-0.25, -0.2) is 0 Å². The molecule has 82 valence electrons.